The Hall–Kier alpha value is -0.850. The minimum absolute atomic E-state index is 0.161. The Bertz CT molecular complexity index is 187. The van der Waals surface area contributed by atoms with Crippen LogP contribution in [0.5, 0.6) is 0 Å². The van der Waals surface area contributed by atoms with Crippen LogP contribution in [-0.2, 0) is 14.3 Å². The van der Waals surface area contributed by atoms with Gasteiger partial charge < -0.3 is 4.74 Å². The van der Waals surface area contributed by atoms with Crippen molar-refractivity contribution in [2.24, 2.45) is 0 Å². The van der Waals surface area contributed by atoms with Crippen LogP contribution in [0.25, 0.3) is 0 Å². The second-order valence-electron chi connectivity index (χ2n) is 2.33. The SMILES string of the molecule is CC(=O)OCC(F)(F)OC(C)(F)F. The lowest BCUT2D eigenvalue weighted by Crippen LogP contribution is -2.35. The number of esters is 1. The molecule has 0 N–H and O–H groups in total. The van der Waals surface area contributed by atoms with Crippen molar-refractivity contribution in [2.75, 3.05) is 6.61 Å². The monoisotopic (exact) mass is 204 g/mol. The molecule has 0 rings (SSSR count). The number of halogens is 4. The summed E-state index contributed by atoms with van der Waals surface area (Å²) < 4.78 is 55.2. The van der Waals surface area contributed by atoms with E-state index in [4.69, 9.17) is 0 Å². The summed E-state index contributed by atoms with van der Waals surface area (Å²) in [6.45, 7) is -0.486. The molecule has 0 radical (unpaired) electrons. The Balaban J connectivity index is 4.01. The molecule has 0 spiro atoms. The molecule has 13 heavy (non-hydrogen) atoms. The van der Waals surface area contributed by atoms with Crippen LogP contribution in [0.4, 0.5) is 17.6 Å². The summed E-state index contributed by atoms with van der Waals surface area (Å²) in [5, 5.41) is 0. The van der Waals surface area contributed by atoms with E-state index in [0.717, 1.165) is 6.92 Å². The van der Waals surface area contributed by atoms with Gasteiger partial charge in [-0.2, -0.15) is 17.6 Å². The van der Waals surface area contributed by atoms with Gasteiger partial charge in [-0.3, -0.25) is 9.53 Å². The van der Waals surface area contributed by atoms with Gasteiger partial charge in [-0.05, 0) is 0 Å². The molecule has 0 unspecified atom stereocenters. The highest BCUT2D eigenvalue weighted by molar-refractivity contribution is 5.65. The third kappa shape index (κ3) is 7.51. The fourth-order valence-corrected chi connectivity index (χ4v) is 0.477. The lowest BCUT2D eigenvalue weighted by atomic mass is 10.6. The highest BCUT2D eigenvalue weighted by Gasteiger charge is 2.41. The molecule has 0 amide bonds. The third-order valence-electron chi connectivity index (χ3n) is 0.772. The maximum Gasteiger partial charge on any atom is 0.394 e. The van der Waals surface area contributed by atoms with E-state index in [9.17, 15) is 22.4 Å². The van der Waals surface area contributed by atoms with Crippen molar-refractivity contribution in [2.45, 2.75) is 26.1 Å². The zero-order valence-electron chi connectivity index (χ0n) is 6.94. The summed E-state index contributed by atoms with van der Waals surface area (Å²) in [5.74, 6) is -0.998. The van der Waals surface area contributed by atoms with Crippen molar-refractivity contribution in [3.63, 3.8) is 0 Å². The number of carbonyl (C=O) groups is 1. The molecule has 0 aromatic rings. The van der Waals surface area contributed by atoms with Gasteiger partial charge in [0.25, 0.3) is 0 Å². The van der Waals surface area contributed by atoms with Crippen molar-refractivity contribution in [3.8, 4) is 0 Å². The topological polar surface area (TPSA) is 35.5 Å². The average Bonchev–Trinajstić information content (AvgIpc) is 1.78. The molecule has 0 heterocycles. The fourth-order valence-electron chi connectivity index (χ4n) is 0.477. The van der Waals surface area contributed by atoms with Crippen LogP contribution in [-0.4, -0.2) is 24.8 Å². The van der Waals surface area contributed by atoms with Gasteiger partial charge in [-0.1, -0.05) is 0 Å². The van der Waals surface area contributed by atoms with E-state index in [0.29, 0.717) is 0 Å². The third-order valence-corrected chi connectivity index (χ3v) is 0.772. The van der Waals surface area contributed by atoms with Gasteiger partial charge in [0.1, 0.15) is 0 Å². The maximum atomic E-state index is 12.3. The molecular weight excluding hydrogens is 196 g/mol. The maximum absolute atomic E-state index is 12.3. The Morgan fingerprint density at radius 2 is 1.77 bits per heavy atom. The van der Waals surface area contributed by atoms with Crippen LogP contribution in [0.3, 0.4) is 0 Å². The Morgan fingerprint density at radius 3 is 2.08 bits per heavy atom. The highest BCUT2D eigenvalue weighted by atomic mass is 19.3. The first kappa shape index (κ1) is 12.2. The predicted molar refractivity (Wildman–Crippen MR) is 33.3 cm³/mol. The average molecular weight is 204 g/mol. The van der Waals surface area contributed by atoms with Gasteiger partial charge in [0.15, 0.2) is 6.61 Å². The van der Waals surface area contributed by atoms with Gasteiger partial charge in [0.2, 0.25) is 0 Å². The second kappa shape index (κ2) is 3.91. The number of rotatable bonds is 4. The predicted octanol–water partition coefficient (Wildman–Crippen LogP) is 1.77. The quantitative estimate of drug-likeness (QED) is 0.517. The molecule has 7 heteroatoms. The van der Waals surface area contributed by atoms with Crippen molar-refractivity contribution in [1.82, 2.24) is 0 Å². The number of alkyl halides is 4. The van der Waals surface area contributed by atoms with Gasteiger partial charge in [0.05, 0.1) is 0 Å². The molecule has 0 aromatic heterocycles. The van der Waals surface area contributed by atoms with Crippen molar-refractivity contribution < 1.29 is 31.8 Å². The summed E-state index contributed by atoms with van der Waals surface area (Å²) in [6.07, 6.45) is -8.15. The fraction of sp³-hybridized carbons (Fsp3) is 0.833. The smallest absolute Gasteiger partial charge is 0.394 e. The summed E-state index contributed by atoms with van der Waals surface area (Å²) in [7, 11) is 0. The number of carbonyl (C=O) groups excluding carboxylic acids is 1. The number of hydrogen-bond donors (Lipinski definition) is 0. The highest BCUT2D eigenvalue weighted by Crippen LogP contribution is 2.26. The first-order valence-corrected chi connectivity index (χ1v) is 3.21. The molecule has 0 saturated carbocycles. The number of hydrogen-bond acceptors (Lipinski definition) is 3. The van der Waals surface area contributed by atoms with E-state index >= 15 is 0 Å². The van der Waals surface area contributed by atoms with Crippen molar-refractivity contribution in [1.29, 1.82) is 0 Å². The number of ether oxygens (including phenoxy) is 2. The Labute approximate surface area is 71.6 Å². The minimum Gasteiger partial charge on any atom is -0.457 e. The van der Waals surface area contributed by atoms with E-state index in [1.54, 1.807) is 0 Å². The van der Waals surface area contributed by atoms with E-state index in [1.165, 1.54) is 0 Å². The van der Waals surface area contributed by atoms with E-state index in [2.05, 4.69) is 9.47 Å². The molecule has 0 aromatic carbocycles. The summed E-state index contributed by atoms with van der Waals surface area (Å²) in [6, 6.07) is 0. The molecule has 0 fully saturated rings. The molecule has 0 aliphatic rings. The van der Waals surface area contributed by atoms with Crippen LogP contribution in [0.2, 0.25) is 0 Å². The van der Waals surface area contributed by atoms with Crippen LogP contribution in [0, 0.1) is 0 Å². The lowest BCUT2D eigenvalue weighted by Gasteiger charge is -2.20. The van der Waals surface area contributed by atoms with Gasteiger partial charge >= 0.3 is 18.2 Å². The Kier molecular flexibility index (Phi) is 3.65. The van der Waals surface area contributed by atoms with E-state index < -0.39 is 24.8 Å². The van der Waals surface area contributed by atoms with Gasteiger partial charge in [0, 0.05) is 13.8 Å². The summed E-state index contributed by atoms with van der Waals surface area (Å²) in [5.41, 5.74) is 0. The summed E-state index contributed by atoms with van der Waals surface area (Å²) >= 11 is 0. The Morgan fingerprint density at radius 1 is 1.31 bits per heavy atom. The normalized spacial score (nSPS) is 12.8. The molecule has 0 aliphatic heterocycles. The largest absolute Gasteiger partial charge is 0.457 e. The van der Waals surface area contributed by atoms with Crippen LogP contribution < -0.4 is 0 Å². The first-order chi connectivity index (χ1) is 5.62. The van der Waals surface area contributed by atoms with E-state index in [-0.39, 0.29) is 6.92 Å². The van der Waals surface area contributed by atoms with Crippen LogP contribution >= 0.6 is 0 Å². The molecule has 0 atom stereocenters. The molecular formula is C6H8F4O3. The standard InChI is InChI=1S/C6H8F4O3/c1-4(11)12-3-6(9,10)13-5(2,7)8/h3H2,1-2H3. The minimum atomic E-state index is -4.18. The second-order valence-corrected chi connectivity index (χ2v) is 2.33. The molecule has 0 saturated heterocycles. The zero-order valence-corrected chi connectivity index (χ0v) is 6.94. The van der Waals surface area contributed by atoms with Crippen molar-refractivity contribution >= 4 is 5.97 Å². The molecule has 0 aliphatic carbocycles. The lowest BCUT2D eigenvalue weighted by molar-refractivity contribution is -0.375. The molecule has 3 nitrogen and oxygen atoms in total. The zero-order chi connectivity index (χ0) is 10.7. The van der Waals surface area contributed by atoms with E-state index in [1.807, 2.05) is 0 Å². The molecule has 78 valence electrons. The summed E-state index contributed by atoms with van der Waals surface area (Å²) in [4.78, 5) is 10.1. The van der Waals surface area contributed by atoms with Gasteiger partial charge in [-0.15, -0.1) is 0 Å². The van der Waals surface area contributed by atoms with Gasteiger partial charge in [-0.25, -0.2) is 0 Å². The molecule has 0 bridgehead atoms. The van der Waals surface area contributed by atoms with Crippen LogP contribution in [0.1, 0.15) is 13.8 Å². The van der Waals surface area contributed by atoms with Crippen molar-refractivity contribution in [3.05, 3.63) is 0 Å². The first-order valence-electron chi connectivity index (χ1n) is 3.21. The van der Waals surface area contributed by atoms with Crippen LogP contribution in [0.15, 0.2) is 0 Å².